The van der Waals surface area contributed by atoms with Crippen LogP contribution in [-0.4, -0.2) is 24.5 Å². The van der Waals surface area contributed by atoms with Gasteiger partial charge in [0.1, 0.15) is 24.7 Å². The van der Waals surface area contributed by atoms with Gasteiger partial charge in [-0.25, -0.2) is 0 Å². The Kier molecular flexibility index (Phi) is 6.84. The van der Waals surface area contributed by atoms with Crippen LogP contribution >= 0.6 is 12.2 Å². The molecule has 3 N–H and O–H groups in total. The van der Waals surface area contributed by atoms with Crippen LogP contribution in [0, 0.1) is 0 Å². The molecule has 5 nitrogen and oxygen atoms in total. The molecule has 1 aromatic carbocycles. The molecule has 1 aromatic rings. The second kappa shape index (κ2) is 8.71. The maximum atomic E-state index is 5.56. The van der Waals surface area contributed by atoms with Gasteiger partial charge in [-0.1, -0.05) is 25.3 Å². The number of nitrogens with zero attached hydrogens (tertiary/aromatic N) is 1. The summed E-state index contributed by atoms with van der Waals surface area (Å²) in [4.78, 5) is 0. The Labute approximate surface area is 123 Å². The van der Waals surface area contributed by atoms with Crippen LogP contribution < -0.4 is 20.6 Å². The monoisotopic (exact) mass is 291 g/mol. The number of nitrogens with one attached hydrogen (secondary N) is 1. The van der Waals surface area contributed by atoms with E-state index in [1.165, 1.54) is 0 Å². The summed E-state index contributed by atoms with van der Waals surface area (Å²) in [6.45, 7) is 8.02. The Balaban J connectivity index is 2.89. The largest absolute Gasteiger partial charge is 0.489 e. The van der Waals surface area contributed by atoms with Crippen molar-refractivity contribution < 1.29 is 9.47 Å². The van der Waals surface area contributed by atoms with E-state index in [0.717, 1.165) is 5.56 Å². The molecule has 0 saturated heterocycles. The number of thiocarbonyl (C=S) groups is 1. The number of nitrogens with two attached hydrogens (primary N) is 1. The minimum absolute atomic E-state index is 0.0979. The topological polar surface area (TPSA) is 68.9 Å². The Morgan fingerprint density at radius 2 is 2.00 bits per heavy atom. The first-order valence-electron chi connectivity index (χ1n) is 5.87. The number of rotatable bonds is 8. The van der Waals surface area contributed by atoms with Gasteiger partial charge in [-0.2, -0.15) is 5.10 Å². The summed E-state index contributed by atoms with van der Waals surface area (Å²) in [5.74, 6) is 1.31. The first kappa shape index (κ1) is 15.7. The summed E-state index contributed by atoms with van der Waals surface area (Å²) < 4.78 is 11.0. The van der Waals surface area contributed by atoms with Gasteiger partial charge in [-0.05, 0) is 24.4 Å². The van der Waals surface area contributed by atoms with Crippen molar-refractivity contribution in [2.24, 2.45) is 10.8 Å². The molecule has 1 rings (SSSR count). The third kappa shape index (κ3) is 5.53. The summed E-state index contributed by atoms with van der Waals surface area (Å²) >= 11 is 4.66. The van der Waals surface area contributed by atoms with Crippen LogP contribution in [0.2, 0.25) is 0 Å². The van der Waals surface area contributed by atoms with E-state index in [-0.39, 0.29) is 5.11 Å². The molecule has 0 aliphatic rings. The highest BCUT2D eigenvalue weighted by atomic mass is 32.1. The Bertz CT molecular complexity index is 515. The van der Waals surface area contributed by atoms with Gasteiger partial charge in [-0.3, -0.25) is 5.43 Å². The Hall–Kier alpha value is -2.34. The molecule has 6 heteroatoms. The van der Waals surface area contributed by atoms with Crippen molar-refractivity contribution in [2.45, 2.75) is 0 Å². The number of hydrogen-bond acceptors (Lipinski definition) is 4. The molecule has 20 heavy (non-hydrogen) atoms. The zero-order valence-electron chi connectivity index (χ0n) is 11.0. The van der Waals surface area contributed by atoms with E-state index in [9.17, 15) is 0 Å². The van der Waals surface area contributed by atoms with Crippen LogP contribution in [0.25, 0.3) is 0 Å². The average molecular weight is 291 g/mol. The molecular formula is C14H17N3O2S. The van der Waals surface area contributed by atoms with Crippen molar-refractivity contribution in [3.05, 3.63) is 49.1 Å². The molecule has 0 amide bonds. The Morgan fingerprint density at radius 1 is 1.30 bits per heavy atom. The lowest BCUT2D eigenvalue weighted by Gasteiger charge is -2.10. The molecule has 0 unspecified atom stereocenters. The fourth-order valence-electron chi connectivity index (χ4n) is 1.31. The van der Waals surface area contributed by atoms with Crippen LogP contribution in [-0.2, 0) is 0 Å². The second-order valence-electron chi connectivity index (χ2n) is 3.63. The van der Waals surface area contributed by atoms with Crippen molar-refractivity contribution >= 4 is 23.5 Å². The molecule has 0 bridgehead atoms. The van der Waals surface area contributed by atoms with Gasteiger partial charge in [0.25, 0.3) is 0 Å². The third-order valence-electron chi connectivity index (χ3n) is 2.09. The van der Waals surface area contributed by atoms with Crippen molar-refractivity contribution in [3.63, 3.8) is 0 Å². The van der Waals surface area contributed by atoms with Gasteiger partial charge >= 0.3 is 0 Å². The molecule has 0 aliphatic carbocycles. The van der Waals surface area contributed by atoms with Crippen LogP contribution in [0.1, 0.15) is 5.56 Å². The number of hydrogen-bond donors (Lipinski definition) is 2. The van der Waals surface area contributed by atoms with E-state index in [2.05, 4.69) is 35.9 Å². The van der Waals surface area contributed by atoms with Crippen LogP contribution in [0.15, 0.2) is 48.6 Å². The quantitative estimate of drug-likeness (QED) is 0.332. The lowest BCUT2D eigenvalue weighted by atomic mass is 10.2. The van der Waals surface area contributed by atoms with Crippen molar-refractivity contribution in [1.82, 2.24) is 5.43 Å². The normalized spacial score (nSPS) is 10.0. The predicted octanol–water partition coefficient (Wildman–Crippen LogP) is 1.98. The van der Waals surface area contributed by atoms with E-state index in [1.54, 1.807) is 24.4 Å². The van der Waals surface area contributed by atoms with Crippen LogP contribution in [0.4, 0.5) is 0 Å². The van der Waals surface area contributed by atoms with Gasteiger partial charge in [0.2, 0.25) is 0 Å². The van der Waals surface area contributed by atoms with Crippen LogP contribution in [0.3, 0.4) is 0 Å². The standard InChI is InChI=1S/C14H17N3O2S/c1-3-7-18-12-6-5-11(10-16-17-14(15)20)13(9-12)19-8-4-2/h3-6,9-10H,1-2,7-8H2,(H3,15,17,20). The van der Waals surface area contributed by atoms with Gasteiger partial charge in [0.05, 0.1) is 6.21 Å². The van der Waals surface area contributed by atoms with E-state index >= 15 is 0 Å². The molecule has 106 valence electrons. The van der Waals surface area contributed by atoms with Crippen LogP contribution in [0.5, 0.6) is 11.5 Å². The maximum absolute atomic E-state index is 5.56. The lowest BCUT2D eigenvalue weighted by molar-refractivity contribution is 0.344. The second-order valence-corrected chi connectivity index (χ2v) is 4.07. The molecule has 0 radical (unpaired) electrons. The van der Waals surface area contributed by atoms with Crippen molar-refractivity contribution in [1.29, 1.82) is 0 Å². The summed E-state index contributed by atoms with van der Waals surface area (Å²) in [5, 5.41) is 4.00. The summed E-state index contributed by atoms with van der Waals surface area (Å²) in [7, 11) is 0. The van der Waals surface area contributed by atoms with Gasteiger partial charge in [-0.15, -0.1) is 0 Å². The van der Waals surface area contributed by atoms with E-state index in [4.69, 9.17) is 15.2 Å². The first-order chi connectivity index (χ1) is 9.67. The number of ether oxygens (including phenoxy) is 2. The minimum Gasteiger partial charge on any atom is -0.489 e. The maximum Gasteiger partial charge on any atom is 0.184 e. The fraction of sp³-hybridized carbons (Fsp3) is 0.143. The first-order valence-corrected chi connectivity index (χ1v) is 6.28. The SMILES string of the molecule is C=CCOc1ccc(C=NNC(N)=S)c(OCC=C)c1. The average Bonchev–Trinajstić information content (AvgIpc) is 2.44. The van der Waals surface area contributed by atoms with Crippen molar-refractivity contribution in [3.8, 4) is 11.5 Å². The van der Waals surface area contributed by atoms with Crippen molar-refractivity contribution in [2.75, 3.05) is 13.2 Å². The molecule has 0 spiro atoms. The van der Waals surface area contributed by atoms with Gasteiger partial charge in [0.15, 0.2) is 5.11 Å². The molecule has 0 saturated carbocycles. The Morgan fingerprint density at radius 3 is 2.65 bits per heavy atom. The highest BCUT2D eigenvalue weighted by Gasteiger charge is 2.04. The van der Waals surface area contributed by atoms with E-state index < -0.39 is 0 Å². The highest BCUT2D eigenvalue weighted by Crippen LogP contribution is 2.24. The smallest absolute Gasteiger partial charge is 0.184 e. The zero-order valence-corrected chi connectivity index (χ0v) is 11.9. The summed E-state index contributed by atoms with van der Waals surface area (Å²) in [6, 6.07) is 5.41. The molecule has 0 aliphatic heterocycles. The van der Waals surface area contributed by atoms with E-state index in [0.29, 0.717) is 24.7 Å². The molecular weight excluding hydrogens is 274 g/mol. The van der Waals surface area contributed by atoms with E-state index in [1.807, 2.05) is 12.1 Å². The van der Waals surface area contributed by atoms with Gasteiger partial charge < -0.3 is 15.2 Å². The third-order valence-corrected chi connectivity index (χ3v) is 2.18. The minimum atomic E-state index is 0.0979. The molecule has 0 heterocycles. The highest BCUT2D eigenvalue weighted by molar-refractivity contribution is 7.80. The van der Waals surface area contributed by atoms with Gasteiger partial charge in [0, 0.05) is 11.6 Å². The fourth-order valence-corrected chi connectivity index (χ4v) is 1.36. The molecule has 0 atom stereocenters. The zero-order chi connectivity index (χ0) is 14.8. The lowest BCUT2D eigenvalue weighted by Crippen LogP contribution is -2.24. The number of hydrazone groups is 1. The number of benzene rings is 1. The summed E-state index contributed by atoms with van der Waals surface area (Å²) in [5.41, 5.74) is 8.54. The summed E-state index contributed by atoms with van der Waals surface area (Å²) in [6.07, 6.45) is 4.89. The predicted molar refractivity (Wildman–Crippen MR) is 85.3 cm³/mol. The molecule has 0 aromatic heterocycles. The molecule has 0 fully saturated rings.